The molecule has 0 saturated heterocycles. The van der Waals surface area contributed by atoms with Gasteiger partial charge in [0.05, 0.1) is 11.0 Å². The topological polar surface area (TPSA) is 31.2 Å². The smallest absolute Gasteiger partial charge is 0.137 e. The van der Waals surface area contributed by atoms with Crippen molar-refractivity contribution in [3.05, 3.63) is 152 Å². The van der Waals surface area contributed by atoms with Gasteiger partial charge in [-0.15, -0.1) is 0 Å². The Morgan fingerprint density at radius 1 is 0.311 bits per heavy atom. The van der Waals surface area contributed by atoms with Crippen LogP contribution in [-0.4, -0.2) is 4.57 Å². The standard InChI is InChI=1S/C42H25NO2/c1-4-10-37-31(7-1)34-24-36-33-9-3-6-12-40(33)45-42(36)25-38(34)43(37)30-20-17-27(18-21-30)26-13-15-28(16-14-26)29-19-22-41-35(23-29)32-8-2-5-11-39(32)44-41/h1-25H. The molecule has 45 heavy (non-hydrogen) atoms. The van der Waals surface area contributed by atoms with Crippen LogP contribution in [0, 0.1) is 0 Å². The van der Waals surface area contributed by atoms with Gasteiger partial charge in [0.1, 0.15) is 22.3 Å². The van der Waals surface area contributed by atoms with E-state index < -0.39 is 0 Å². The second kappa shape index (κ2) is 9.22. The van der Waals surface area contributed by atoms with Gasteiger partial charge >= 0.3 is 0 Å². The fourth-order valence-corrected chi connectivity index (χ4v) is 7.03. The minimum Gasteiger partial charge on any atom is -0.456 e. The lowest BCUT2D eigenvalue weighted by Gasteiger charge is -2.10. The molecule has 3 nitrogen and oxygen atoms in total. The fraction of sp³-hybridized carbons (Fsp3) is 0. The summed E-state index contributed by atoms with van der Waals surface area (Å²) >= 11 is 0. The first kappa shape index (κ1) is 24.4. The van der Waals surface area contributed by atoms with Crippen LogP contribution in [0.4, 0.5) is 0 Å². The van der Waals surface area contributed by atoms with Gasteiger partial charge in [-0.3, -0.25) is 0 Å². The Balaban J connectivity index is 1.04. The van der Waals surface area contributed by atoms with E-state index in [4.69, 9.17) is 8.83 Å². The number of furan rings is 2. The maximum absolute atomic E-state index is 6.28. The van der Waals surface area contributed by atoms with Crippen LogP contribution in [0.1, 0.15) is 0 Å². The normalized spacial score (nSPS) is 12.0. The zero-order valence-corrected chi connectivity index (χ0v) is 24.2. The Morgan fingerprint density at radius 2 is 0.822 bits per heavy atom. The largest absolute Gasteiger partial charge is 0.456 e. The summed E-state index contributed by atoms with van der Waals surface area (Å²) in [5, 5.41) is 7.06. The molecule has 0 bridgehead atoms. The number of nitrogens with zero attached hydrogens (tertiary/aromatic N) is 1. The quantitative estimate of drug-likeness (QED) is 0.210. The van der Waals surface area contributed by atoms with Crippen LogP contribution >= 0.6 is 0 Å². The van der Waals surface area contributed by atoms with E-state index in [0.29, 0.717) is 0 Å². The lowest BCUT2D eigenvalue weighted by atomic mass is 9.99. The first-order chi connectivity index (χ1) is 22.3. The summed E-state index contributed by atoms with van der Waals surface area (Å²) in [6, 6.07) is 53.8. The number of rotatable bonds is 3. The van der Waals surface area contributed by atoms with E-state index in [1.807, 2.05) is 24.3 Å². The molecule has 10 aromatic rings. The monoisotopic (exact) mass is 575 g/mol. The summed E-state index contributed by atoms with van der Waals surface area (Å²) in [5.41, 5.74) is 11.9. The number of hydrogen-bond acceptors (Lipinski definition) is 2. The van der Waals surface area contributed by atoms with E-state index in [1.54, 1.807) is 0 Å². The van der Waals surface area contributed by atoms with Crippen molar-refractivity contribution in [2.75, 3.05) is 0 Å². The second-order valence-corrected chi connectivity index (χ2v) is 11.7. The highest BCUT2D eigenvalue weighted by atomic mass is 16.3. The molecule has 7 aromatic carbocycles. The highest BCUT2D eigenvalue weighted by Gasteiger charge is 2.16. The molecular weight excluding hydrogens is 550 g/mol. The average Bonchev–Trinajstić information content (AvgIpc) is 3.76. The molecule has 0 unspecified atom stereocenters. The van der Waals surface area contributed by atoms with Crippen LogP contribution in [0.25, 0.3) is 93.6 Å². The molecular formula is C42H25NO2. The van der Waals surface area contributed by atoms with Gasteiger partial charge in [0.25, 0.3) is 0 Å². The predicted octanol–water partition coefficient (Wildman–Crippen LogP) is 11.9. The molecule has 0 amide bonds. The number of para-hydroxylation sites is 3. The molecule has 0 N–H and O–H groups in total. The molecule has 210 valence electrons. The molecule has 0 aliphatic carbocycles. The predicted molar refractivity (Wildman–Crippen MR) is 186 cm³/mol. The summed E-state index contributed by atoms with van der Waals surface area (Å²) in [6.07, 6.45) is 0. The molecule has 0 radical (unpaired) electrons. The third kappa shape index (κ3) is 3.65. The first-order valence-corrected chi connectivity index (χ1v) is 15.3. The molecule has 10 rings (SSSR count). The van der Waals surface area contributed by atoms with Crippen LogP contribution in [0.5, 0.6) is 0 Å². The number of fused-ring (bicyclic) bond motifs is 9. The Bertz CT molecular complexity index is 2740. The summed E-state index contributed by atoms with van der Waals surface area (Å²) in [4.78, 5) is 0. The van der Waals surface area contributed by atoms with Crippen molar-refractivity contribution in [1.29, 1.82) is 0 Å². The average molecular weight is 576 g/mol. The van der Waals surface area contributed by atoms with Crippen molar-refractivity contribution in [1.82, 2.24) is 4.57 Å². The third-order valence-corrected chi connectivity index (χ3v) is 9.22. The van der Waals surface area contributed by atoms with Crippen molar-refractivity contribution in [3.63, 3.8) is 0 Å². The lowest BCUT2D eigenvalue weighted by Crippen LogP contribution is -1.93. The summed E-state index contributed by atoms with van der Waals surface area (Å²) in [5.74, 6) is 0. The van der Waals surface area contributed by atoms with Crippen LogP contribution < -0.4 is 0 Å². The summed E-state index contributed by atoms with van der Waals surface area (Å²) < 4.78 is 14.7. The van der Waals surface area contributed by atoms with Gasteiger partial charge in [0.2, 0.25) is 0 Å². The Morgan fingerprint density at radius 3 is 1.53 bits per heavy atom. The maximum Gasteiger partial charge on any atom is 0.137 e. The van der Waals surface area contributed by atoms with E-state index in [0.717, 1.165) is 55.1 Å². The van der Waals surface area contributed by atoms with Crippen LogP contribution in [0.2, 0.25) is 0 Å². The zero-order valence-electron chi connectivity index (χ0n) is 24.2. The molecule has 3 aromatic heterocycles. The molecule has 3 heteroatoms. The Kier molecular flexibility index (Phi) is 5.00. The molecule has 3 heterocycles. The SMILES string of the molecule is c1ccc2c(c1)oc1ccc(-c3ccc(-c4ccc(-n5c6ccccc6c6cc7c(cc65)oc5ccccc57)cc4)cc3)cc12. The maximum atomic E-state index is 6.28. The lowest BCUT2D eigenvalue weighted by molar-refractivity contribution is 0.668. The second-order valence-electron chi connectivity index (χ2n) is 11.7. The van der Waals surface area contributed by atoms with Crippen molar-refractivity contribution < 1.29 is 8.83 Å². The highest BCUT2D eigenvalue weighted by Crippen LogP contribution is 2.39. The van der Waals surface area contributed by atoms with Gasteiger partial charge in [-0.25, -0.2) is 0 Å². The highest BCUT2D eigenvalue weighted by molar-refractivity contribution is 6.17. The van der Waals surface area contributed by atoms with Gasteiger partial charge in [-0.1, -0.05) is 97.1 Å². The Hall–Kier alpha value is -6.06. The van der Waals surface area contributed by atoms with Crippen LogP contribution in [0.3, 0.4) is 0 Å². The third-order valence-electron chi connectivity index (χ3n) is 9.22. The van der Waals surface area contributed by atoms with E-state index in [9.17, 15) is 0 Å². The van der Waals surface area contributed by atoms with Gasteiger partial charge in [0, 0.05) is 44.1 Å². The molecule has 0 aliphatic heterocycles. The number of aromatic nitrogens is 1. The van der Waals surface area contributed by atoms with E-state index in [1.165, 1.54) is 38.5 Å². The molecule has 0 saturated carbocycles. The molecule has 0 aliphatic rings. The zero-order chi connectivity index (χ0) is 29.5. The summed E-state index contributed by atoms with van der Waals surface area (Å²) in [6.45, 7) is 0. The van der Waals surface area contributed by atoms with E-state index in [2.05, 4.69) is 132 Å². The molecule has 0 fully saturated rings. The minimum atomic E-state index is 0.907. The molecule has 0 spiro atoms. The van der Waals surface area contributed by atoms with E-state index >= 15 is 0 Å². The van der Waals surface area contributed by atoms with Crippen LogP contribution in [0.15, 0.2) is 160 Å². The first-order valence-electron chi connectivity index (χ1n) is 15.3. The van der Waals surface area contributed by atoms with Crippen molar-refractivity contribution in [2.24, 2.45) is 0 Å². The fourth-order valence-electron chi connectivity index (χ4n) is 7.03. The van der Waals surface area contributed by atoms with E-state index in [-0.39, 0.29) is 0 Å². The van der Waals surface area contributed by atoms with Crippen LogP contribution in [-0.2, 0) is 0 Å². The van der Waals surface area contributed by atoms with Gasteiger partial charge in [0.15, 0.2) is 0 Å². The van der Waals surface area contributed by atoms with Gasteiger partial charge in [-0.2, -0.15) is 0 Å². The van der Waals surface area contributed by atoms with Gasteiger partial charge in [-0.05, 0) is 70.8 Å². The van der Waals surface area contributed by atoms with Crippen molar-refractivity contribution >= 4 is 65.7 Å². The number of benzene rings is 7. The van der Waals surface area contributed by atoms with Crippen molar-refractivity contribution in [3.8, 4) is 27.9 Å². The Labute approximate surface area is 258 Å². The molecule has 0 atom stereocenters. The van der Waals surface area contributed by atoms with Gasteiger partial charge < -0.3 is 13.4 Å². The van der Waals surface area contributed by atoms with Crippen molar-refractivity contribution in [2.45, 2.75) is 0 Å². The summed E-state index contributed by atoms with van der Waals surface area (Å²) in [7, 11) is 0. The minimum absolute atomic E-state index is 0.907. The number of hydrogen-bond donors (Lipinski definition) is 0.